The Labute approximate surface area is 234 Å². The fraction of sp³-hybridized carbons (Fsp3) is 0.526. The zero-order chi connectivity index (χ0) is 27.9. The number of rotatable bonds is 14. The molecular formula is C19H26N12O5S3. The summed E-state index contributed by atoms with van der Waals surface area (Å²) in [6.45, 7) is 1.55. The molecule has 2 aromatic heterocycles. The highest BCUT2D eigenvalue weighted by atomic mass is 32.2. The number of anilines is 1. The summed E-state index contributed by atoms with van der Waals surface area (Å²) in [7, 11) is 0. The van der Waals surface area contributed by atoms with Gasteiger partial charge in [-0.1, -0.05) is 16.9 Å². The number of hydrogen-bond donors (Lipinski definition) is 5. The largest absolute Gasteiger partial charge is 0.477 e. The van der Waals surface area contributed by atoms with Gasteiger partial charge in [0, 0.05) is 29.6 Å². The van der Waals surface area contributed by atoms with Crippen molar-refractivity contribution in [3.05, 3.63) is 17.1 Å². The van der Waals surface area contributed by atoms with E-state index < -0.39 is 29.2 Å². The number of nitrogens with one attached hydrogen (secondary N) is 1. The summed E-state index contributed by atoms with van der Waals surface area (Å²) in [5, 5.41) is 28.0. The van der Waals surface area contributed by atoms with E-state index in [1.54, 1.807) is 4.68 Å². The van der Waals surface area contributed by atoms with E-state index in [2.05, 4.69) is 35.4 Å². The molecule has 2 aliphatic heterocycles. The number of nitrogen functional groups attached to an aromatic ring is 1. The van der Waals surface area contributed by atoms with E-state index >= 15 is 0 Å². The highest BCUT2D eigenvalue weighted by molar-refractivity contribution is 8.01. The smallest absolute Gasteiger partial charge is 0.352 e. The lowest BCUT2D eigenvalue weighted by Gasteiger charge is -2.49. The summed E-state index contributed by atoms with van der Waals surface area (Å²) in [5.41, 5.74) is 16.8. The van der Waals surface area contributed by atoms with Crippen LogP contribution in [0.3, 0.4) is 0 Å². The van der Waals surface area contributed by atoms with E-state index in [0.29, 0.717) is 49.0 Å². The van der Waals surface area contributed by atoms with Crippen LogP contribution in [0.15, 0.2) is 21.6 Å². The number of thioether (sulfide) groups is 2. The molecule has 210 valence electrons. The fourth-order valence-corrected chi connectivity index (χ4v) is 6.43. The van der Waals surface area contributed by atoms with Gasteiger partial charge in [-0.3, -0.25) is 14.5 Å². The van der Waals surface area contributed by atoms with Gasteiger partial charge in [0.2, 0.25) is 16.7 Å². The van der Waals surface area contributed by atoms with Crippen LogP contribution in [-0.2, 0) is 25.8 Å². The van der Waals surface area contributed by atoms with Crippen molar-refractivity contribution >= 4 is 63.7 Å². The number of carbonyl (C=O) groups is 3. The van der Waals surface area contributed by atoms with E-state index in [4.69, 9.17) is 22.0 Å². The van der Waals surface area contributed by atoms with Crippen LogP contribution in [0, 0.1) is 0 Å². The molecule has 0 aromatic carbocycles. The predicted octanol–water partition coefficient (Wildman–Crippen LogP) is -1.94. The van der Waals surface area contributed by atoms with Gasteiger partial charge in [0.15, 0.2) is 5.13 Å². The van der Waals surface area contributed by atoms with Gasteiger partial charge in [-0.05, 0) is 41.9 Å². The number of β-lactam (4-membered cyclic amide) rings is 1. The molecule has 0 spiro atoms. The Bertz CT molecular complexity index is 1280. The second-order valence-electron chi connectivity index (χ2n) is 8.11. The molecule has 2 amide bonds. The summed E-state index contributed by atoms with van der Waals surface area (Å²) in [6.07, 6.45) is 1.19. The minimum atomic E-state index is -1.24. The average Bonchev–Trinajstić information content (AvgIpc) is 3.56. The second-order valence-corrected chi connectivity index (χ2v) is 10.9. The fourth-order valence-electron chi connectivity index (χ4n) is 3.61. The van der Waals surface area contributed by atoms with E-state index in [-0.39, 0.29) is 34.7 Å². The number of nitrogens with two attached hydrogens (primary N) is 3. The zero-order valence-electron chi connectivity index (χ0n) is 20.4. The second kappa shape index (κ2) is 13.2. The van der Waals surface area contributed by atoms with Gasteiger partial charge in [0.05, 0.1) is 0 Å². The third-order valence-electron chi connectivity index (χ3n) is 5.45. The molecule has 1 saturated heterocycles. The molecule has 39 heavy (non-hydrogen) atoms. The number of fused-ring (bicyclic) bond motifs is 1. The van der Waals surface area contributed by atoms with Crippen LogP contribution in [0.2, 0.25) is 0 Å². The number of hydrogen-bond acceptors (Lipinski definition) is 16. The minimum absolute atomic E-state index is 0.0538. The first-order valence-corrected chi connectivity index (χ1v) is 14.5. The van der Waals surface area contributed by atoms with Crippen LogP contribution in [0.1, 0.15) is 18.7 Å². The van der Waals surface area contributed by atoms with Crippen molar-refractivity contribution in [3.63, 3.8) is 0 Å². The number of nitrogens with zero attached hydrogens (tertiary/aromatic N) is 8. The van der Waals surface area contributed by atoms with Gasteiger partial charge in [-0.25, -0.2) is 9.48 Å². The number of amides is 2. The molecule has 2 aliphatic rings. The Morgan fingerprint density at radius 2 is 2.08 bits per heavy atom. The molecule has 2 aromatic rings. The lowest BCUT2D eigenvalue weighted by molar-refractivity contribution is -0.150. The normalized spacial score (nSPS) is 19.1. The quantitative estimate of drug-likeness (QED) is 0.0521. The zero-order valence-corrected chi connectivity index (χ0v) is 22.9. The molecule has 8 N–H and O–H groups in total. The van der Waals surface area contributed by atoms with Gasteiger partial charge < -0.3 is 32.5 Å². The van der Waals surface area contributed by atoms with Crippen LogP contribution in [0.5, 0.6) is 0 Å². The average molecular weight is 599 g/mol. The molecule has 0 radical (unpaired) electrons. The Morgan fingerprint density at radius 1 is 1.28 bits per heavy atom. The van der Waals surface area contributed by atoms with Gasteiger partial charge in [0.25, 0.3) is 11.8 Å². The SMILES string of the molecule is NCCCON=C(C(=O)NC1C(=O)N2C(C(=O)O)=C(CSc3nnnn3CCCN)CS[C@H]12)c1nsc(N)n1. The number of aryl methyl sites for hydroxylation is 1. The number of oxime groups is 1. The third kappa shape index (κ3) is 6.46. The summed E-state index contributed by atoms with van der Waals surface area (Å²) in [5.74, 6) is -2.03. The third-order valence-corrected chi connectivity index (χ3v) is 8.37. The van der Waals surface area contributed by atoms with Crippen LogP contribution in [0.4, 0.5) is 5.13 Å². The van der Waals surface area contributed by atoms with E-state index in [1.165, 1.54) is 28.4 Å². The van der Waals surface area contributed by atoms with Crippen molar-refractivity contribution in [2.24, 2.45) is 16.6 Å². The Kier molecular flexibility index (Phi) is 9.67. The number of carboxylic acids is 1. The van der Waals surface area contributed by atoms with Crippen molar-refractivity contribution < 1.29 is 24.3 Å². The highest BCUT2D eigenvalue weighted by Crippen LogP contribution is 2.41. The molecular weight excluding hydrogens is 572 g/mol. The molecule has 1 fully saturated rings. The molecule has 0 bridgehead atoms. The minimum Gasteiger partial charge on any atom is -0.477 e. The van der Waals surface area contributed by atoms with Crippen LogP contribution in [-0.4, -0.2) is 106 Å². The van der Waals surface area contributed by atoms with Crippen molar-refractivity contribution in [2.75, 3.05) is 36.9 Å². The van der Waals surface area contributed by atoms with Gasteiger partial charge in [-0.2, -0.15) is 9.36 Å². The van der Waals surface area contributed by atoms with Crippen molar-refractivity contribution in [3.8, 4) is 0 Å². The number of carboxylic acid groups (broad SMARTS) is 1. The number of tetrazole rings is 1. The predicted molar refractivity (Wildman–Crippen MR) is 142 cm³/mol. The molecule has 20 heteroatoms. The van der Waals surface area contributed by atoms with Crippen LogP contribution >= 0.6 is 35.1 Å². The highest BCUT2D eigenvalue weighted by Gasteiger charge is 2.54. The first kappa shape index (κ1) is 28.7. The summed E-state index contributed by atoms with van der Waals surface area (Å²) < 4.78 is 5.59. The van der Waals surface area contributed by atoms with E-state index in [9.17, 15) is 19.5 Å². The van der Waals surface area contributed by atoms with Crippen molar-refractivity contribution in [1.82, 2.24) is 39.8 Å². The number of aromatic nitrogens is 6. The van der Waals surface area contributed by atoms with Crippen LogP contribution < -0.4 is 22.5 Å². The Balaban J connectivity index is 1.46. The summed E-state index contributed by atoms with van der Waals surface area (Å²) in [4.78, 5) is 48.6. The molecule has 17 nitrogen and oxygen atoms in total. The molecule has 2 atom stereocenters. The van der Waals surface area contributed by atoms with Gasteiger partial charge >= 0.3 is 5.97 Å². The van der Waals surface area contributed by atoms with Crippen LogP contribution in [0.25, 0.3) is 0 Å². The lowest BCUT2D eigenvalue weighted by Crippen LogP contribution is -2.71. The topological polar surface area (TPSA) is 256 Å². The monoisotopic (exact) mass is 598 g/mol. The Hall–Kier alpha value is -3.33. The molecule has 0 aliphatic carbocycles. The maximum atomic E-state index is 13.1. The molecule has 0 saturated carbocycles. The number of carbonyl (C=O) groups excluding carboxylic acids is 2. The first-order chi connectivity index (χ1) is 18.8. The molecule has 4 heterocycles. The van der Waals surface area contributed by atoms with E-state index in [1.807, 2.05) is 0 Å². The van der Waals surface area contributed by atoms with Gasteiger partial charge in [0.1, 0.15) is 23.7 Å². The van der Waals surface area contributed by atoms with E-state index in [0.717, 1.165) is 11.5 Å². The first-order valence-electron chi connectivity index (χ1n) is 11.6. The van der Waals surface area contributed by atoms with Crippen molar-refractivity contribution in [2.45, 2.75) is 36.0 Å². The Morgan fingerprint density at radius 3 is 2.77 bits per heavy atom. The maximum absolute atomic E-state index is 13.1. The molecule has 4 rings (SSSR count). The molecule has 1 unspecified atom stereocenters. The maximum Gasteiger partial charge on any atom is 0.352 e. The van der Waals surface area contributed by atoms with Crippen molar-refractivity contribution in [1.29, 1.82) is 0 Å². The number of aliphatic carboxylic acids is 1. The standard InChI is InChI=1S/C19H26N12O5S3/c20-3-1-5-30-19(25-28-29-30)38-8-9-7-37-16-11(15(33)31(16)12(9)17(34)35)23-14(32)10(26-36-6-2-4-21)13-24-18(22)39-27-13/h11,16H,1-8,20-21H2,(H,23,32)(H,34,35)(H2,22,24,27)/t11?,16-/m1/s1. The van der Waals surface area contributed by atoms with Gasteiger partial charge in [-0.15, -0.1) is 16.9 Å². The summed E-state index contributed by atoms with van der Waals surface area (Å²) in [6, 6.07) is -0.986. The summed E-state index contributed by atoms with van der Waals surface area (Å²) >= 11 is 3.48. The lowest BCUT2D eigenvalue weighted by atomic mass is 10.0.